The van der Waals surface area contributed by atoms with Gasteiger partial charge in [-0.3, -0.25) is 9.48 Å². The first-order valence-corrected chi connectivity index (χ1v) is 5.97. The fourth-order valence-corrected chi connectivity index (χ4v) is 1.76. The highest BCUT2D eigenvalue weighted by atomic mass is 19.4. The molecule has 0 saturated carbocycles. The van der Waals surface area contributed by atoms with Crippen molar-refractivity contribution < 1.29 is 18.0 Å². The summed E-state index contributed by atoms with van der Waals surface area (Å²) in [5.74, 6) is -0.740. The van der Waals surface area contributed by atoms with Crippen LogP contribution in [-0.2, 0) is 6.54 Å². The summed E-state index contributed by atoms with van der Waals surface area (Å²) in [6.45, 7) is 2.54. The van der Waals surface area contributed by atoms with Gasteiger partial charge in [-0.15, -0.1) is 0 Å². The van der Waals surface area contributed by atoms with Gasteiger partial charge in [-0.25, -0.2) is 0 Å². The molecule has 0 aliphatic carbocycles. The van der Waals surface area contributed by atoms with E-state index in [1.54, 1.807) is 13.8 Å². The average molecular weight is 278 g/mol. The number of amides is 1. The Morgan fingerprint density at radius 1 is 1.47 bits per heavy atom. The van der Waals surface area contributed by atoms with Crippen molar-refractivity contribution in [2.45, 2.75) is 33.0 Å². The number of alkyl halides is 3. The predicted molar refractivity (Wildman–Crippen MR) is 64.6 cm³/mol. The molecule has 0 aliphatic heterocycles. The number of nitrogens with zero attached hydrogens (tertiary/aromatic N) is 3. The van der Waals surface area contributed by atoms with E-state index < -0.39 is 18.6 Å². The van der Waals surface area contributed by atoms with Gasteiger partial charge in [0.1, 0.15) is 12.2 Å². The summed E-state index contributed by atoms with van der Waals surface area (Å²) in [7, 11) is 0. The fourth-order valence-electron chi connectivity index (χ4n) is 1.76. The minimum atomic E-state index is -4.43. The van der Waals surface area contributed by atoms with E-state index in [1.807, 2.05) is 0 Å². The highest BCUT2D eigenvalue weighted by Crippen LogP contribution is 2.20. The van der Waals surface area contributed by atoms with Crippen LogP contribution in [0.25, 0.3) is 0 Å². The molecular formula is C11H17F3N4O. The molecule has 0 unspecified atom stereocenters. The van der Waals surface area contributed by atoms with Crippen molar-refractivity contribution in [3.8, 4) is 0 Å². The Hall–Kier alpha value is -1.73. The molecule has 2 N–H and O–H groups in total. The van der Waals surface area contributed by atoms with Crippen LogP contribution in [0.3, 0.4) is 0 Å². The molecule has 1 heterocycles. The molecule has 0 bridgehead atoms. The monoisotopic (exact) mass is 278 g/mol. The second-order valence-corrected chi connectivity index (χ2v) is 4.11. The smallest absolute Gasteiger partial charge is 0.396 e. The SMILES string of the molecule is CCCN(CC(F)(F)F)C(=O)c1c(N)cnn1CC. The summed E-state index contributed by atoms with van der Waals surface area (Å²) >= 11 is 0. The lowest BCUT2D eigenvalue weighted by atomic mass is 10.3. The summed E-state index contributed by atoms with van der Waals surface area (Å²) in [5, 5.41) is 3.86. The first-order valence-electron chi connectivity index (χ1n) is 5.97. The minimum Gasteiger partial charge on any atom is -0.396 e. The number of carbonyl (C=O) groups excluding carboxylic acids is 1. The van der Waals surface area contributed by atoms with Gasteiger partial charge in [0.05, 0.1) is 11.9 Å². The zero-order valence-corrected chi connectivity index (χ0v) is 10.9. The van der Waals surface area contributed by atoms with E-state index in [1.165, 1.54) is 10.9 Å². The van der Waals surface area contributed by atoms with Gasteiger partial charge in [0.2, 0.25) is 0 Å². The molecule has 19 heavy (non-hydrogen) atoms. The maximum atomic E-state index is 12.5. The molecule has 1 rings (SSSR count). The molecule has 1 aromatic rings. The summed E-state index contributed by atoms with van der Waals surface area (Å²) in [6, 6.07) is 0. The van der Waals surface area contributed by atoms with Crippen LogP contribution in [0, 0.1) is 0 Å². The standard InChI is InChI=1S/C11H17F3N4O/c1-3-5-17(7-11(12,13)14)10(19)9-8(15)6-16-18(9)4-2/h6H,3-5,7,15H2,1-2H3. The summed E-state index contributed by atoms with van der Waals surface area (Å²) < 4.78 is 38.7. The molecule has 0 aromatic carbocycles. The van der Waals surface area contributed by atoms with Crippen molar-refractivity contribution in [3.63, 3.8) is 0 Å². The maximum absolute atomic E-state index is 12.5. The van der Waals surface area contributed by atoms with E-state index in [-0.39, 0.29) is 17.9 Å². The van der Waals surface area contributed by atoms with Crippen LogP contribution in [0.5, 0.6) is 0 Å². The summed E-state index contributed by atoms with van der Waals surface area (Å²) in [6.07, 6.45) is -2.73. The van der Waals surface area contributed by atoms with Crippen molar-refractivity contribution in [3.05, 3.63) is 11.9 Å². The Morgan fingerprint density at radius 3 is 2.58 bits per heavy atom. The number of carbonyl (C=O) groups is 1. The van der Waals surface area contributed by atoms with Crippen LogP contribution in [0.1, 0.15) is 30.8 Å². The molecule has 1 aromatic heterocycles. The van der Waals surface area contributed by atoms with Gasteiger partial charge in [0, 0.05) is 13.1 Å². The molecule has 0 saturated heterocycles. The van der Waals surface area contributed by atoms with Gasteiger partial charge in [-0.2, -0.15) is 18.3 Å². The lowest BCUT2D eigenvalue weighted by molar-refractivity contribution is -0.140. The number of halogens is 3. The number of hydrogen-bond donors (Lipinski definition) is 1. The Labute approximate surface area is 109 Å². The number of aromatic nitrogens is 2. The minimum absolute atomic E-state index is 0.0141. The largest absolute Gasteiger partial charge is 0.406 e. The lowest BCUT2D eigenvalue weighted by Gasteiger charge is -2.23. The third-order valence-corrected chi connectivity index (χ3v) is 2.52. The highest BCUT2D eigenvalue weighted by molar-refractivity contribution is 5.97. The topological polar surface area (TPSA) is 64.2 Å². The number of aryl methyl sites for hydroxylation is 1. The van der Waals surface area contributed by atoms with Gasteiger partial charge in [-0.1, -0.05) is 6.92 Å². The molecular weight excluding hydrogens is 261 g/mol. The zero-order chi connectivity index (χ0) is 14.6. The number of anilines is 1. The van der Waals surface area contributed by atoms with Crippen molar-refractivity contribution in [1.82, 2.24) is 14.7 Å². The van der Waals surface area contributed by atoms with Crippen LogP contribution in [0.4, 0.5) is 18.9 Å². The van der Waals surface area contributed by atoms with Gasteiger partial charge < -0.3 is 10.6 Å². The third-order valence-electron chi connectivity index (χ3n) is 2.52. The third kappa shape index (κ3) is 3.87. The van der Waals surface area contributed by atoms with Gasteiger partial charge in [0.25, 0.3) is 5.91 Å². The molecule has 0 atom stereocenters. The van der Waals surface area contributed by atoms with Crippen molar-refractivity contribution in [2.24, 2.45) is 0 Å². The molecule has 0 radical (unpaired) electrons. The van der Waals surface area contributed by atoms with E-state index in [0.717, 1.165) is 4.90 Å². The van der Waals surface area contributed by atoms with Crippen molar-refractivity contribution in [1.29, 1.82) is 0 Å². The first kappa shape index (κ1) is 15.3. The molecule has 8 heteroatoms. The quantitative estimate of drug-likeness (QED) is 0.894. The highest BCUT2D eigenvalue weighted by Gasteiger charge is 2.34. The lowest BCUT2D eigenvalue weighted by Crippen LogP contribution is -2.40. The van der Waals surface area contributed by atoms with Crippen molar-refractivity contribution in [2.75, 3.05) is 18.8 Å². The molecule has 0 fully saturated rings. The van der Waals surface area contributed by atoms with Gasteiger partial charge in [-0.05, 0) is 13.3 Å². The fraction of sp³-hybridized carbons (Fsp3) is 0.636. The van der Waals surface area contributed by atoms with Crippen LogP contribution in [0.2, 0.25) is 0 Å². The van der Waals surface area contributed by atoms with Gasteiger partial charge in [0.15, 0.2) is 0 Å². The Bertz CT molecular complexity index is 442. The number of nitrogens with two attached hydrogens (primary N) is 1. The molecule has 0 spiro atoms. The summed E-state index contributed by atoms with van der Waals surface area (Å²) in [5.41, 5.74) is 5.71. The van der Waals surface area contributed by atoms with E-state index in [9.17, 15) is 18.0 Å². The normalized spacial score (nSPS) is 11.6. The molecule has 1 amide bonds. The number of hydrogen-bond acceptors (Lipinski definition) is 3. The second kappa shape index (κ2) is 5.94. The average Bonchev–Trinajstić information content (AvgIpc) is 2.67. The second-order valence-electron chi connectivity index (χ2n) is 4.11. The van der Waals surface area contributed by atoms with E-state index in [0.29, 0.717) is 13.0 Å². The Morgan fingerprint density at radius 2 is 2.11 bits per heavy atom. The van der Waals surface area contributed by atoms with Crippen molar-refractivity contribution >= 4 is 11.6 Å². The Kier molecular flexibility index (Phi) is 4.79. The first-order chi connectivity index (χ1) is 8.80. The van der Waals surface area contributed by atoms with E-state index >= 15 is 0 Å². The van der Waals surface area contributed by atoms with Crippen LogP contribution in [-0.4, -0.2) is 39.9 Å². The Balaban J connectivity index is 3.02. The predicted octanol–water partition coefficient (Wildman–Crippen LogP) is 1.90. The number of rotatable bonds is 5. The van der Waals surface area contributed by atoms with Crippen LogP contribution < -0.4 is 5.73 Å². The maximum Gasteiger partial charge on any atom is 0.406 e. The van der Waals surface area contributed by atoms with Crippen LogP contribution >= 0.6 is 0 Å². The van der Waals surface area contributed by atoms with E-state index in [2.05, 4.69) is 5.10 Å². The molecule has 5 nitrogen and oxygen atoms in total. The molecule has 0 aliphatic rings. The molecule has 108 valence electrons. The zero-order valence-electron chi connectivity index (χ0n) is 10.9. The summed E-state index contributed by atoms with van der Waals surface area (Å²) in [4.78, 5) is 12.9. The van der Waals surface area contributed by atoms with Gasteiger partial charge >= 0.3 is 6.18 Å². The van der Waals surface area contributed by atoms with E-state index in [4.69, 9.17) is 5.73 Å². The van der Waals surface area contributed by atoms with Crippen LogP contribution in [0.15, 0.2) is 6.20 Å². The number of nitrogen functional groups attached to an aromatic ring is 1.